The van der Waals surface area contributed by atoms with Crippen LogP contribution in [0.25, 0.3) is 11.3 Å². The minimum atomic E-state index is 0.686. The summed E-state index contributed by atoms with van der Waals surface area (Å²) < 4.78 is 0. The lowest BCUT2D eigenvalue weighted by atomic mass is 10.1. The third kappa shape index (κ3) is 2.79. The van der Waals surface area contributed by atoms with Gasteiger partial charge in [-0.15, -0.1) is 6.58 Å². The first-order valence-electron chi connectivity index (χ1n) is 5.59. The van der Waals surface area contributed by atoms with Gasteiger partial charge < -0.3 is 5.32 Å². The van der Waals surface area contributed by atoms with E-state index < -0.39 is 0 Å². The Morgan fingerprint density at radius 3 is 2.76 bits per heavy atom. The van der Waals surface area contributed by atoms with E-state index in [1.165, 1.54) is 5.56 Å². The summed E-state index contributed by atoms with van der Waals surface area (Å²) in [5.74, 6) is 0. The molecule has 0 aliphatic rings. The van der Waals surface area contributed by atoms with Crippen LogP contribution < -0.4 is 5.32 Å². The maximum atomic E-state index is 4.19. The summed E-state index contributed by atoms with van der Waals surface area (Å²) >= 11 is 0. The van der Waals surface area contributed by atoms with Gasteiger partial charge in [0.2, 0.25) is 0 Å². The van der Waals surface area contributed by atoms with Crippen molar-refractivity contribution in [2.24, 2.45) is 0 Å². The zero-order chi connectivity index (χ0) is 12.1. The molecule has 88 valence electrons. The highest BCUT2D eigenvalue weighted by atomic mass is 15.3. The number of aromatic nitrogens is 3. The Morgan fingerprint density at radius 2 is 2.06 bits per heavy atom. The summed E-state index contributed by atoms with van der Waals surface area (Å²) in [5, 5.41) is 14.2. The van der Waals surface area contributed by atoms with Gasteiger partial charge in [-0.3, -0.25) is 0 Å². The number of rotatable bonds is 5. The van der Waals surface area contributed by atoms with Crippen LogP contribution in [0.5, 0.6) is 0 Å². The molecule has 0 bridgehead atoms. The van der Waals surface area contributed by atoms with Crippen molar-refractivity contribution >= 4 is 0 Å². The second-order valence-corrected chi connectivity index (χ2v) is 3.90. The lowest BCUT2D eigenvalue weighted by molar-refractivity contribution is 0.736. The summed E-state index contributed by atoms with van der Waals surface area (Å²) in [7, 11) is 0. The van der Waals surface area contributed by atoms with Crippen molar-refractivity contribution in [3.8, 4) is 11.3 Å². The standard InChI is InChI=1S/C13H16N4/c1-3-8-14-9-12-13(16-17-15-12)11-6-4-10(2)5-7-11/h3-7,14H,1,8-9H2,2H3,(H,15,16,17). The summed E-state index contributed by atoms with van der Waals surface area (Å²) in [4.78, 5) is 0. The average Bonchev–Trinajstić information content (AvgIpc) is 2.79. The molecule has 0 saturated heterocycles. The molecule has 1 heterocycles. The van der Waals surface area contributed by atoms with E-state index in [9.17, 15) is 0 Å². The van der Waals surface area contributed by atoms with Crippen molar-refractivity contribution in [3.05, 3.63) is 48.2 Å². The Morgan fingerprint density at radius 1 is 1.29 bits per heavy atom. The van der Waals surface area contributed by atoms with Crippen LogP contribution in [-0.4, -0.2) is 22.0 Å². The van der Waals surface area contributed by atoms with Crippen LogP contribution in [0.15, 0.2) is 36.9 Å². The fourth-order valence-electron chi connectivity index (χ4n) is 1.61. The van der Waals surface area contributed by atoms with Gasteiger partial charge in [0.25, 0.3) is 0 Å². The number of benzene rings is 1. The number of H-pyrrole nitrogens is 1. The predicted molar refractivity (Wildman–Crippen MR) is 68.5 cm³/mol. The SMILES string of the molecule is C=CCNCc1n[nH]nc1-c1ccc(C)cc1. The molecule has 0 aliphatic heterocycles. The Kier molecular flexibility index (Phi) is 3.67. The number of hydrogen-bond acceptors (Lipinski definition) is 3. The number of aromatic amines is 1. The Balaban J connectivity index is 2.18. The van der Waals surface area contributed by atoms with E-state index in [-0.39, 0.29) is 0 Å². The lowest BCUT2D eigenvalue weighted by Gasteiger charge is -2.02. The maximum Gasteiger partial charge on any atom is 0.117 e. The minimum Gasteiger partial charge on any atom is -0.308 e. The van der Waals surface area contributed by atoms with Crippen LogP contribution in [-0.2, 0) is 6.54 Å². The third-order valence-electron chi connectivity index (χ3n) is 2.53. The summed E-state index contributed by atoms with van der Waals surface area (Å²) in [6, 6.07) is 8.27. The molecule has 2 N–H and O–H groups in total. The molecule has 1 aromatic carbocycles. The molecule has 0 radical (unpaired) electrons. The second-order valence-electron chi connectivity index (χ2n) is 3.90. The minimum absolute atomic E-state index is 0.686. The monoisotopic (exact) mass is 228 g/mol. The zero-order valence-corrected chi connectivity index (χ0v) is 9.90. The molecule has 0 aliphatic carbocycles. The van der Waals surface area contributed by atoms with Crippen LogP contribution in [0.4, 0.5) is 0 Å². The van der Waals surface area contributed by atoms with Crippen LogP contribution in [0.2, 0.25) is 0 Å². The smallest absolute Gasteiger partial charge is 0.117 e. The van der Waals surface area contributed by atoms with Crippen LogP contribution >= 0.6 is 0 Å². The average molecular weight is 228 g/mol. The van der Waals surface area contributed by atoms with Crippen LogP contribution in [0.1, 0.15) is 11.3 Å². The van der Waals surface area contributed by atoms with Crippen molar-refractivity contribution in [2.45, 2.75) is 13.5 Å². The van der Waals surface area contributed by atoms with E-state index in [1.54, 1.807) is 0 Å². The van der Waals surface area contributed by atoms with Gasteiger partial charge in [-0.25, -0.2) is 0 Å². The molecule has 1 aromatic heterocycles. The highest BCUT2D eigenvalue weighted by molar-refractivity contribution is 5.61. The normalized spacial score (nSPS) is 10.4. The van der Waals surface area contributed by atoms with Crippen molar-refractivity contribution in [1.29, 1.82) is 0 Å². The quantitative estimate of drug-likeness (QED) is 0.608. The molecule has 0 spiro atoms. The van der Waals surface area contributed by atoms with E-state index in [0.717, 1.165) is 23.5 Å². The third-order valence-corrected chi connectivity index (χ3v) is 2.53. The van der Waals surface area contributed by atoms with Gasteiger partial charge in [-0.05, 0) is 6.92 Å². The first-order chi connectivity index (χ1) is 8.31. The first kappa shape index (κ1) is 11.5. The van der Waals surface area contributed by atoms with Crippen molar-refractivity contribution in [2.75, 3.05) is 6.54 Å². The molecule has 0 unspecified atom stereocenters. The Bertz CT molecular complexity index is 484. The Labute approximate surface area is 101 Å². The molecular weight excluding hydrogens is 212 g/mol. The van der Waals surface area contributed by atoms with Crippen molar-refractivity contribution < 1.29 is 0 Å². The summed E-state index contributed by atoms with van der Waals surface area (Å²) in [5.41, 5.74) is 4.15. The highest BCUT2D eigenvalue weighted by Crippen LogP contribution is 2.19. The molecule has 4 heteroatoms. The van der Waals surface area contributed by atoms with Gasteiger partial charge in [0.15, 0.2) is 0 Å². The summed E-state index contributed by atoms with van der Waals surface area (Å²) in [6.45, 7) is 7.18. The van der Waals surface area contributed by atoms with Gasteiger partial charge in [0, 0.05) is 18.7 Å². The van der Waals surface area contributed by atoms with Crippen molar-refractivity contribution in [1.82, 2.24) is 20.7 Å². The number of nitrogens with zero attached hydrogens (tertiary/aromatic N) is 2. The van der Waals surface area contributed by atoms with Gasteiger partial charge >= 0.3 is 0 Å². The lowest BCUT2D eigenvalue weighted by Crippen LogP contribution is -2.13. The molecule has 0 atom stereocenters. The molecular formula is C13H16N4. The Hall–Kier alpha value is -1.94. The van der Waals surface area contributed by atoms with Gasteiger partial charge in [0.05, 0.1) is 0 Å². The maximum absolute atomic E-state index is 4.19. The van der Waals surface area contributed by atoms with Gasteiger partial charge in [-0.2, -0.15) is 15.4 Å². The number of hydrogen-bond donors (Lipinski definition) is 2. The molecule has 0 fully saturated rings. The topological polar surface area (TPSA) is 53.6 Å². The fraction of sp³-hybridized carbons (Fsp3) is 0.231. The molecule has 2 rings (SSSR count). The molecule has 4 nitrogen and oxygen atoms in total. The van der Waals surface area contributed by atoms with E-state index in [4.69, 9.17) is 0 Å². The molecule has 17 heavy (non-hydrogen) atoms. The predicted octanol–water partition coefficient (Wildman–Crippen LogP) is 2.06. The van der Waals surface area contributed by atoms with E-state index in [1.807, 2.05) is 6.08 Å². The largest absolute Gasteiger partial charge is 0.308 e. The van der Waals surface area contributed by atoms with E-state index in [2.05, 4.69) is 58.5 Å². The second kappa shape index (κ2) is 5.41. The molecule has 0 amide bonds. The van der Waals surface area contributed by atoms with Crippen molar-refractivity contribution in [3.63, 3.8) is 0 Å². The van der Waals surface area contributed by atoms with Crippen LogP contribution in [0.3, 0.4) is 0 Å². The first-order valence-corrected chi connectivity index (χ1v) is 5.59. The van der Waals surface area contributed by atoms with Crippen LogP contribution in [0, 0.1) is 6.92 Å². The highest BCUT2D eigenvalue weighted by Gasteiger charge is 2.08. The van der Waals surface area contributed by atoms with E-state index in [0.29, 0.717) is 6.54 Å². The molecule has 0 saturated carbocycles. The van der Waals surface area contributed by atoms with E-state index >= 15 is 0 Å². The van der Waals surface area contributed by atoms with Gasteiger partial charge in [0.1, 0.15) is 11.4 Å². The molecule has 2 aromatic rings. The fourth-order valence-corrected chi connectivity index (χ4v) is 1.61. The number of nitrogens with one attached hydrogen (secondary N) is 2. The van der Waals surface area contributed by atoms with Gasteiger partial charge in [-0.1, -0.05) is 35.9 Å². The zero-order valence-electron chi connectivity index (χ0n) is 9.90. The summed E-state index contributed by atoms with van der Waals surface area (Å²) in [6.07, 6.45) is 1.83. The number of aryl methyl sites for hydroxylation is 1.